The van der Waals surface area contributed by atoms with Crippen LogP contribution in [0.25, 0.3) is 0 Å². The highest BCUT2D eigenvalue weighted by molar-refractivity contribution is 6.53. The molecule has 0 saturated heterocycles. The van der Waals surface area contributed by atoms with Crippen LogP contribution in [-0.2, 0) is 4.79 Å². The average molecular weight is 318 g/mol. The second-order valence-electron chi connectivity index (χ2n) is 4.78. The van der Waals surface area contributed by atoms with Crippen molar-refractivity contribution in [3.05, 3.63) is 39.9 Å². The molecule has 0 radical (unpaired) electrons. The number of ketones is 1. The van der Waals surface area contributed by atoms with Gasteiger partial charge in [0.05, 0.1) is 4.92 Å². The summed E-state index contributed by atoms with van der Waals surface area (Å²) in [6.07, 6.45) is 1.12. The molecule has 0 aliphatic rings. The Morgan fingerprint density at radius 2 is 1.85 bits per heavy atom. The highest BCUT2D eigenvalue weighted by Crippen LogP contribution is 2.31. The molecule has 0 bridgehead atoms. The largest absolute Gasteiger partial charge is 0.297 e. The summed E-state index contributed by atoms with van der Waals surface area (Å²) in [6.45, 7) is 4.00. The maximum Gasteiger partial charge on any atom is 0.269 e. The molecule has 0 fully saturated rings. The molecule has 1 aromatic rings. The Kier molecular flexibility index (Phi) is 6.43. The van der Waals surface area contributed by atoms with Gasteiger partial charge in [-0.3, -0.25) is 14.9 Å². The molecule has 0 aromatic heterocycles. The van der Waals surface area contributed by atoms with Crippen molar-refractivity contribution in [2.75, 3.05) is 0 Å². The van der Waals surface area contributed by atoms with E-state index >= 15 is 0 Å². The predicted molar refractivity (Wildman–Crippen MR) is 80.4 cm³/mol. The fourth-order valence-electron chi connectivity index (χ4n) is 2.19. The molecule has 110 valence electrons. The first-order chi connectivity index (χ1) is 9.36. The summed E-state index contributed by atoms with van der Waals surface area (Å²) in [7, 11) is 0. The van der Waals surface area contributed by atoms with Crippen LogP contribution in [0, 0.1) is 16.0 Å². The minimum atomic E-state index is -0.992. The maximum absolute atomic E-state index is 11.6. The molecule has 1 aromatic carbocycles. The Morgan fingerprint density at radius 3 is 2.25 bits per heavy atom. The first kappa shape index (κ1) is 16.9. The van der Waals surface area contributed by atoms with E-state index in [0.717, 1.165) is 12.0 Å². The number of nitrogens with zero attached hydrogens (tertiary/aromatic N) is 1. The SMILES string of the molecule is CCC(CC(=O)C(Cl)Cl)C(C)c1ccc([N+](=O)[O-])cc1. The number of hydrogen-bond acceptors (Lipinski definition) is 3. The molecule has 0 amide bonds. The molecule has 2 atom stereocenters. The molecule has 6 heteroatoms. The molecule has 2 unspecified atom stereocenters. The number of benzene rings is 1. The monoisotopic (exact) mass is 317 g/mol. The van der Waals surface area contributed by atoms with E-state index in [1.54, 1.807) is 12.1 Å². The molecule has 20 heavy (non-hydrogen) atoms. The minimum absolute atomic E-state index is 0.0617. The van der Waals surface area contributed by atoms with Gasteiger partial charge in [-0.25, -0.2) is 0 Å². The zero-order valence-electron chi connectivity index (χ0n) is 11.4. The highest BCUT2D eigenvalue weighted by Gasteiger charge is 2.23. The third-order valence-electron chi connectivity index (χ3n) is 3.57. The second-order valence-corrected chi connectivity index (χ2v) is 5.87. The fourth-order valence-corrected chi connectivity index (χ4v) is 2.37. The van der Waals surface area contributed by atoms with E-state index in [9.17, 15) is 14.9 Å². The molecule has 1 rings (SSSR count). The predicted octanol–water partition coefficient (Wildman–Crippen LogP) is 4.49. The van der Waals surface area contributed by atoms with E-state index in [1.165, 1.54) is 12.1 Å². The van der Waals surface area contributed by atoms with Crippen molar-refractivity contribution < 1.29 is 9.72 Å². The first-order valence-corrected chi connectivity index (χ1v) is 7.29. The third-order valence-corrected chi connectivity index (χ3v) is 4.05. The van der Waals surface area contributed by atoms with Crippen LogP contribution in [0.15, 0.2) is 24.3 Å². The number of carbonyl (C=O) groups excluding carboxylic acids is 1. The van der Waals surface area contributed by atoms with Gasteiger partial charge in [0.1, 0.15) is 0 Å². The molecular formula is C14H17Cl2NO3. The van der Waals surface area contributed by atoms with Crippen LogP contribution in [0.3, 0.4) is 0 Å². The van der Waals surface area contributed by atoms with Crippen LogP contribution in [0.1, 0.15) is 38.2 Å². The molecule has 0 aliphatic carbocycles. The summed E-state index contributed by atoms with van der Waals surface area (Å²) < 4.78 is 0. The lowest BCUT2D eigenvalue weighted by molar-refractivity contribution is -0.384. The van der Waals surface area contributed by atoms with Gasteiger partial charge in [0.25, 0.3) is 5.69 Å². The van der Waals surface area contributed by atoms with Gasteiger partial charge in [-0.05, 0) is 17.4 Å². The third kappa shape index (κ3) is 4.46. The number of nitro groups is 1. The Bertz CT molecular complexity index is 474. The van der Waals surface area contributed by atoms with Crippen LogP contribution in [0.5, 0.6) is 0 Å². The number of hydrogen-bond donors (Lipinski definition) is 0. The lowest BCUT2D eigenvalue weighted by Crippen LogP contribution is -2.18. The summed E-state index contributed by atoms with van der Waals surface area (Å²) in [5.74, 6) is 0.0368. The Labute approximate surface area is 128 Å². The van der Waals surface area contributed by atoms with Crippen molar-refractivity contribution >= 4 is 34.7 Å². The first-order valence-electron chi connectivity index (χ1n) is 6.42. The Balaban J connectivity index is 2.82. The van der Waals surface area contributed by atoms with Gasteiger partial charge >= 0.3 is 0 Å². The quantitative estimate of drug-likeness (QED) is 0.423. The molecular weight excluding hydrogens is 301 g/mol. The fraction of sp³-hybridized carbons (Fsp3) is 0.500. The lowest BCUT2D eigenvalue weighted by atomic mass is 9.83. The molecule has 0 heterocycles. The zero-order valence-corrected chi connectivity index (χ0v) is 12.9. The van der Waals surface area contributed by atoms with Crippen LogP contribution < -0.4 is 0 Å². The van der Waals surface area contributed by atoms with Gasteiger partial charge in [0, 0.05) is 18.6 Å². The zero-order chi connectivity index (χ0) is 15.3. The van der Waals surface area contributed by atoms with Crippen LogP contribution in [-0.4, -0.2) is 15.5 Å². The van der Waals surface area contributed by atoms with Gasteiger partial charge in [-0.2, -0.15) is 0 Å². The average Bonchev–Trinajstić information content (AvgIpc) is 2.43. The summed E-state index contributed by atoms with van der Waals surface area (Å²) >= 11 is 11.2. The summed E-state index contributed by atoms with van der Waals surface area (Å²) in [5.41, 5.74) is 1.03. The van der Waals surface area contributed by atoms with Gasteiger partial charge in [0.15, 0.2) is 10.6 Å². The number of halogens is 2. The van der Waals surface area contributed by atoms with Crippen LogP contribution in [0.2, 0.25) is 0 Å². The van der Waals surface area contributed by atoms with Crippen molar-refractivity contribution in [3.63, 3.8) is 0 Å². The molecule has 0 aliphatic heterocycles. The summed E-state index contributed by atoms with van der Waals surface area (Å²) in [5, 5.41) is 10.6. The number of non-ortho nitro benzene ring substituents is 1. The number of alkyl halides is 2. The van der Waals surface area contributed by atoms with E-state index < -0.39 is 9.76 Å². The van der Waals surface area contributed by atoms with Crippen molar-refractivity contribution in [1.29, 1.82) is 0 Å². The van der Waals surface area contributed by atoms with Crippen LogP contribution >= 0.6 is 23.2 Å². The van der Waals surface area contributed by atoms with Crippen molar-refractivity contribution in [2.24, 2.45) is 5.92 Å². The van der Waals surface area contributed by atoms with Gasteiger partial charge < -0.3 is 0 Å². The van der Waals surface area contributed by atoms with E-state index in [-0.39, 0.29) is 23.3 Å². The van der Waals surface area contributed by atoms with Crippen molar-refractivity contribution in [2.45, 2.75) is 37.4 Å². The van der Waals surface area contributed by atoms with Crippen LogP contribution in [0.4, 0.5) is 5.69 Å². The Morgan fingerprint density at radius 1 is 1.30 bits per heavy atom. The molecule has 0 spiro atoms. The highest BCUT2D eigenvalue weighted by atomic mass is 35.5. The number of rotatable bonds is 7. The molecule has 0 N–H and O–H groups in total. The van der Waals surface area contributed by atoms with E-state index in [1.807, 2.05) is 13.8 Å². The topological polar surface area (TPSA) is 60.2 Å². The second kappa shape index (κ2) is 7.60. The van der Waals surface area contributed by atoms with Crippen molar-refractivity contribution in [3.8, 4) is 0 Å². The van der Waals surface area contributed by atoms with Gasteiger partial charge in [-0.1, -0.05) is 55.6 Å². The van der Waals surface area contributed by atoms with E-state index in [2.05, 4.69) is 0 Å². The smallest absolute Gasteiger partial charge is 0.269 e. The minimum Gasteiger partial charge on any atom is -0.297 e. The number of carbonyl (C=O) groups is 1. The standard InChI is InChI=1S/C14H17Cl2NO3/c1-3-10(8-13(18)14(15)16)9(2)11-4-6-12(7-5-11)17(19)20/h4-7,9-10,14H,3,8H2,1-2H3. The summed E-state index contributed by atoms with van der Waals surface area (Å²) in [6, 6.07) is 6.42. The Hall–Kier alpha value is -1.13. The van der Waals surface area contributed by atoms with E-state index in [4.69, 9.17) is 23.2 Å². The molecule has 4 nitrogen and oxygen atoms in total. The van der Waals surface area contributed by atoms with Crippen molar-refractivity contribution in [1.82, 2.24) is 0 Å². The van der Waals surface area contributed by atoms with E-state index in [0.29, 0.717) is 6.42 Å². The molecule has 0 saturated carbocycles. The number of Topliss-reactive ketones (excluding diaryl/α,β-unsaturated/α-hetero) is 1. The summed E-state index contributed by atoms with van der Waals surface area (Å²) in [4.78, 5) is 20.8. The maximum atomic E-state index is 11.6. The normalized spacial score (nSPS) is 14.1. The van der Waals surface area contributed by atoms with Gasteiger partial charge in [0.2, 0.25) is 0 Å². The van der Waals surface area contributed by atoms with Gasteiger partial charge in [-0.15, -0.1) is 0 Å². The number of nitro benzene ring substituents is 1. The lowest BCUT2D eigenvalue weighted by Gasteiger charge is -2.22.